The zero-order valence-electron chi connectivity index (χ0n) is 12.0. The van der Waals surface area contributed by atoms with E-state index in [0.29, 0.717) is 18.6 Å². The lowest BCUT2D eigenvalue weighted by Crippen LogP contribution is -2.22. The Morgan fingerprint density at radius 1 is 0.611 bits per heavy atom. The van der Waals surface area contributed by atoms with Crippen LogP contribution in [0.4, 0.5) is 0 Å². The van der Waals surface area contributed by atoms with E-state index in [1.165, 1.54) is 70.6 Å². The summed E-state index contributed by atoms with van der Waals surface area (Å²) < 4.78 is 0. The summed E-state index contributed by atoms with van der Waals surface area (Å²) in [5.74, 6) is 0. The SMILES string of the molecule is OCCCCC1(CCCCO)CCCCCCC1. The maximum absolute atomic E-state index is 8.96. The van der Waals surface area contributed by atoms with Crippen LogP contribution in [0.15, 0.2) is 0 Å². The summed E-state index contributed by atoms with van der Waals surface area (Å²) in [6.07, 6.45) is 16.6. The monoisotopic (exact) mass is 256 g/mol. The summed E-state index contributed by atoms with van der Waals surface area (Å²) in [6, 6.07) is 0. The normalized spacial score (nSPS) is 20.3. The molecule has 0 unspecified atom stereocenters. The second-order valence-corrected chi connectivity index (χ2v) is 6.13. The highest BCUT2D eigenvalue weighted by Crippen LogP contribution is 2.42. The van der Waals surface area contributed by atoms with Gasteiger partial charge in [-0.15, -0.1) is 0 Å². The number of aliphatic hydroxyl groups is 2. The highest BCUT2D eigenvalue weighted by atomic mass is 16.3. The summed E-state index contributed by atoms with van der Waals surface area (Å²) in [7, 11) is 0. The molecular weight excluding hydrogens is 224 g/mol. The largest absolute Gasteiger partial charge is 0.396 e. The number of unbranched alkanes of at least 4 members (excludes halogenated alkanes) is 2. The van der Waals surface area contributed by atoms with Crippen LogP contribution in [0.25, 0.3) is 0 Å². The first kappa shape index (κ1) is 16.0. The Hall–Kier alpha value is -0.0800. The Balaban J connectivity index is 2.45. The third-order valence-electron chi connectivity index (χ3n) is 4.64. The van der Waals surface area contributed by atoms with Crippen LogP contribution in [-0.4, -0.2) is 23.4 Å². The molecule has 1 aliphatic carbocycles. The van der Waals surface area contributed by atoms with Gasteiger partial charge < -0.3 is 10.2 Å². The molecular formula is C16H32O2. The van der Waals surface area contributed by atoms with Crippen molar-refractivity contribution < 1.29 is 10.2 Å². The molecule has 1 aliphatic rings. The zero-order chi connectivity index (χ0) is 13.1. The van der Waals surface area contributed by atoms with E-state index >= 15 is 0 Å². The summed E-state index contributed by atoms with van der Waals surface area (Å²) in [5.41, 5.74) is 0.532. The maximum atomic E-state index is 8.96. The summed E-state index contributed by atoms with van der Waals surface area (Å²) >= 11 is 0. The lowest BCUT2D eigenvalue weighted by molar-refractivity contribution is 0.153. The summed E-state index contributed by atoms with van der Waals surface area (Å²) in [5, 5.41) is 17.9. The molecule has 0 atom stereocenters. The van der Waals surface area contributed by atoms with Crippen LogP contribution in [0.3, 0.4) is 0 Å². The lowest BCUT2D eigenvalue weighted by Gasteiger charge is -2.36. The Bertz CT molecular complexity index is 172. The molecule has 108 valence electrons. The molecule has 1 fully saturated rings. The van der Waals surface area contributed by atoms with E-state index in [2.05, 4.69) is 0 Å². The van der Waals surface area contributed by atoms with E-state index in [1.54, 1.807) is 0 Å². The van der Waals surface area contributed by atoms with Crippen molar-refractivity contribution in [1.29, 1.82) is 0 Å². The molecule has 0 amide bonds. The van der Waals surface area contributed by atoms with Gasteiger partial charge in [0.15, 0.2) is 0 Å². The maximum Gasteiger partial charge on any atom is 0.0431 e. The first-order valence-electron chi connectivity index (χ1n) is 8.05. The Kier molecular flexibility index (Phi) is 8.70. The number of aliphatic hydroxyl groups excluding tert-OH is 2. The van der Waals surface area contributed by atoms with Gasteiger partial charge in [0.05, 0.1) is 0 Å². The van der Waals surface area contributed by atoms with Gasteiger partial charge in [-0.1, -0.05) is 44.9 Å². The summed E-state index contributed by atoms with van der Waals surface area (Å²) in [6.45, 7) is 0.680. The summed E-state index contributed by atoms with van der Waals surface area (Å²) in [4.78, 5) is 0. The predicted molar refractivity (Wildman–Crippen MR) is 76.6 cm³/mol. The van der Waals surface area contributed by atoms with Crippen LogP contribution in [0.1, 0.15) is 83.5 Å². The quantitative estimate of drug-likeness (QED) is 0.643. The molecule has 0 aromatic rings. The van der Waals surface area contributed by atoms with Crippen molar-refractivity contribution in [2.24, 2.45) is 5.41 Å². The van der Waals surface area contributed by atoms with E-state index < -0.39 is 0 Å². The lowest BCUT2D eigenvalue weighted by atomic mass is 9.70. The van der Waals surface area contributed by atoms with E-state index in [1.807, 2.05) is 0 Å². The third kappa shape index (κ3) is 6.19. The first-order valence-corrected chi connectivity index (χ1v) is 8.05. The molecule has 0 radical (unpaired) electrons. The van der Waals surface area contributed by atoms with Gasteiger partial charge in [-0.3, -0.25) is 0 Å². The molecule has 0 aromatic carbocycles. The van der Waals surface area contributed by atoms with Crippen LogP contribution in [0, 0.1) is 5.41 Å². The fourth-order valence-corrected chi connectivity index (χ4v) is 3.50. The highest BCUT2D eigenvalue weighted by molar-refractivity contribution is 4.81. The fraction of sp³-hybridized carbons (Fsp3) is 1.00. The second kappa shape index (κ2) is 9.80. The zero-order valence-corrected chi connectivity index (χ0v) is 12.0. The smallest absolute Gasteiger partial charge is 0.0431 e. The van der Waals surface area contributed by atoms with Crippen molar-refractivity contribution in [3.8, 4) is 0 Å². The van der Waals surface area contributed by atoms with Crippen LogP contribution >= 0.6 is 0 Å². The average Bonchev–Trinajstić information content (AvgIpc) is 2.34. The van der Waals surface area contributed by atoms with E-state index in [4.69, 9.17) is 10.2 Å². The van der Waals surface area contributed by atoms with Gasteiger partial charge in [0, 0.05) is 13.2 Å². The highest BCUT2D eigenvalue weighted by Gasteiger charge is 2.28. The Morgan fingerprint density at radius 3 is 1.50 bits per heavy atom. The standard InChI is InChI=1S/C16H32O2/c17-14-8-6-12-16(13-7-9-15-18)10-4-2-1-3-5-11-16/h17-18H,1-15H2. The van der Waals surface area contributed by atoms with Crippen molar-refractivity contribution in [3.05, 3.63) is 0 Å². The topological polar surface area (TPSA) is 40.5 Å². The molecule has 0 aliphatic heterocycles. The minimum Gasteiger partial charge on any atom is -0.396 e. The predicted octanol–water partition coefficient (Wildman–Crippen LogP) is 4.04. The van der Waals surface area contributed by atoms with Gasteiger partial charge in [-0.25, -0.2) is 0 Å². The van der Waals surface area contributed by atoms with Gasteiger partial charge in [-0.2, -0.15) is 0 Å². The Labute approximate surface area is 113 Å². The van der Waals surface area contributed by atoms with Gasteiger partial charge in [0.1, 0.15) is 0 Å². The molecule has 0 saturated heterocycles. The van der Waals surface area contributed by atoms with E-state index in [9.17, 15) is 0 Å². The number of hydrogen-bond acceptors (Lipinski definition) is 2. The molecule has 1 saturated carbocycles. The van der Waals surface area contributed by atoms with E-state index in [-0.39, 0.29) is 0 Å². The molecule has 2 nitrogen and oxygen atoms in total. The minimum atomic E-state index is 0.340. The van der Waals surface area contributed by atoms with Gasteiger partial charge in [0.2, 0.25) is 0 Å². The Morgan fingerprint density at radius 2 is 1.06 bits per heavy atom. The van der Waals surface area contributed by atoms with Crippen molar-refractivity contribution >= 4 is 0 Å². The molecule has 0 aromatic heterocycles. The number of hydrogen-bond donors (Lipinski definition) is 2. The van der Waals surface area contributed by atoms with Crippen LogP contribution in [0.5, 0.6) is 0 Å². The first-order chi connectivity index (χ1) is 8.83. The van der Waals surface area contributed by atoms with Crippen molar-refractivity contribution in [2.45, 2.75) is 83.5 Å². The second-order valence-electron chi connectivity index (χ2n) is 6.13. The van der Waals surface area contributed by atoms with Crippen molar-refractivity contribution in [1.82, 2.24) is 0 Å². The molecule has 0 bridgehead atoms. The van der Waals surface area contributed by atoms with Crippen LogP contribution < -0.4 is 0 Å². The van der Waals surface area contributed by atoms with Gasteiger partial charge in [0.25, 0.3) is 0 Å². The van der Waals surface area contributed by atoms with Crippen LogP contribution in [0.2, 0.25) is 0 Å². The molecule has 18 heavy (non-hydrogen) atoms. The van der Waals surface area contributed by atoms with Gasteiger partial charge >= 0.3 is 0 Å². The van der Waals surface area contributed by atoms with Crippen LogP contribution in [-0.2, 0) is 0 Å². The third-order valence-corrected chi connectivity index (χ3v) is 4.64. The number of rotatable bonds is 8. The molecule has 0 heterocycles. The molecule has 0 spiro atoms. The van der Waals surface area contributed by atoms with E-state index in [0.717, 1.165) is 12.8 Å². The van der Waals surface area contributed by atoms with Crippen molar-refractivity contribution in [2.75, 3.05) is 13.2 Å². The molecule has 2 N–H and O–H groups in total. The minimum absolute atomic E-state index is 0.340. The average molecular weight is 256 g/mol. The molecule has 1 rings (SSSR count). The fourth-order valence-electron chi connectivity index (χ4n) is 3.50. The van der Waals surface area contributed by atoms with Gasteiger partial charge in [-0.05, 0) is 43.9 Å². The molecule has 2 heteroatoms. The van der Waals surface area contributed by atoms with Crippen molar-refractivity contribution in [3.63, 3.8) is 0 Å².